The van der Waals surface area contributed by atoms with Gasteiger partial charge in [-0.3, -0.25) is 9.97 Å². The summed E-state index contributed by atoms with van der Waals surface area (Å²) in [6.45, 7) is 1.03. The topological polar surface area (TPSA) is 63.8 Å². The molecule has 2 heterocycles. The van der Waals surface area contributed by atoms with Crippen molar-refractivity contribution >= 4 is 17.3 Å². The van der Waals surface area contributed by atoms with E-state index in [9.17, 15) is 0 Å². The quantitative estimate of drug-likeness (QED) is 0.624. The fraction of sp³-hybridized carbons (Fsp3) is 0.583. The molecule has 0 bridgehead atoms. The lowest BCUT2D eigenvalue weighted by Gasteiger charge is -2.25. The highest BCUT2D eigenvalue weighted by Gasteiger charge is 2.20. The normalized spacial score (nSPS) is 23.1. The smallest absolute Gasteiger partial charge is 0.0668 e. The van der Waals surface area contributed by atoms with Gasteiger partial charge < -0.3 is 11.1 Å². The minimum absolute atomic E-state index is 0.384. The standard InChI is InChI=1S/C24H33ClN4/c25-24-16-29-21(10-17-6-8-20(26)9-7-17)12-23(24)19-11-22(15-27-14-19)28-13-18-4-2-1-3-5-18/h11-12,14-18,20,28H,1-10,13,26H2. The molecule has 0 aliphatic heterocycles. The van der Waals surface area contributed by atoms with Crippen molar-refractivity contribution in [3.05, 3.63) is 41.4 Å². The first-order valence-corrected chi connectivity index (χ1v) is 11.6. The van der Waals surface area contributed by atoms with Gasteiger partial charge in [0.05, 0.1) is 10.7 Å². The van der Waals surface area contributed by atoms with Gasteiger partial charge in [0, 0.05) is 48.0 Å². The summed E-state index contributed by atoms with van der Waals surface area (Å²) in [7, 11) is 0. The van der Waals surface area contributed by atoms with Crippen molar-refractivity contribution in [2.24, 2.45) is 17.6 Å². The van der Waals surface area contributed by atoms with Gasteiger partial charge in [0.25, 0.3) is 0 Å². The Hall–Kier alpha value is -1.65. The third-order valence-corrected chi connectivity index (χ3v) is 6.97. The molecule has 0 amide bonds. The van der Waals surface area contributed by atoms with Crippen molar-refractivity contribution in [1.82, 2.24) is 9.97 Å². The zero-order chi connectivity index (χ0) is 20.1. The number of rotatable bonds is 6. The van der Waals surface area contributed by atoms with Crippen molar-refractivity contribution in [1.29, 1.82) is 0 Å². The van der Waals surface area contributed by atoms with Crippen LogP contribution in [-0.2, 0) is 6.42 Å². The van der Waals surface area contributed by atoms with E-state index in [-0.39, 0.29) is 0 Å². The Morgan fingerprint density at radius 1 is 0.931 bits per heavy atom. The van der Waals surface area contributed by atoms with Crippen LogP contribution in [0.3, 0.4) is 0 Å². The maximum atomic E-state index is 6.52. The lowest BCUT2D eigenvalue weighted by Crippen LogP contribution is -2.27. The first kappa shape index (κ1) is 20.6. The summed E-state index contributed by atoms with van der Waals surface area (Å²) in [5, 5.41) is 4.28. The number of hydrogen-bond donors (Lipinski definition) is 2. The fourth-order valence-corrected chi connectivity index (χ4v) is 5.05. The maximum Gasteiger partial charge on any atom is 0.0668 e. The molecule has 2 aromatic rings. The SMILES string of the molecule is NC1CCC(Cc2cc(-c3cncc(NCC4CCCCC4)c3)c(Cl)cn2)CC1. The van der Waals surface area contributed by atoms with Gasteiger partial charge in [-0.05, 0) is 68.9 Å². The van der Waals surface area contributed by atoms with Crippen LogP contribution in [0.25, 0.3) is 11.1 Å². The zero-order valence-electron chi connectivity index (χ0n) is 17.2. The van der Waals surface area contributed by atoms with Gasteiger partial charge in [-0.15, -0.1) is 0 Å². The number of anilines is 1. The van der Waals surface area contributed by atoms with E-state index < -0.39 is 0 Å². The van der Waals surface area contributed by atoms with Crippen molar-refractivity contribution in [3.63, 3.8) is 0 Å². The van der Waals surface area contributed by atoms with Gasteiger partial charge in [0.2, 0.25) is 0 Å². The third kappa shape index (κ3) is 5.70. The molecule has 2 aromatic heterocycles. The average molecular weight is 413 g/mol. The predicted octanol–water partition coefficient (Wildman–Crippen LogP) is 5.85. The van der Waals surface area contributed by atoms with E-state index in [4.69, 9.17) is 17.3 Å². The monoisotopic (exact) mass is 412 g/mol. The lowest BCUT2D eigenvalue weighted by atomic mass is 9.83. The predicted molar refractivity (Wildman–Crippen MR) is 121 cm³/mol. The van der Waals surface area contributed by atoms with E-state index in [0.717, 1.165) is 54.2 Å². The van der Waals surface area contributed by atoms with Gasteiger partial charge in [-0.1, -0.05) is 30.9 Å². The van der Waals surface area contributed by atoms with Gasteiger partial charge >= 0.3 is 0 Å². The summed E-state index contributed by atoms with van der Waals surface area (Å²) < 4.78 is 0. The third-order valence-electron chi connectivity index (χ3n) is 6.67. The number of halogens is 1. The highest BCUT2D eigenvalue weighted by Crippen LogP contribution is 2.32. The molecule has 2 aliphatic rings. The molecule has 4 rings (SSSR count). The largest absolute Gasteiger partial charge is 0.384 e. The molecular formula is C24H33ClN4. The van der Waals surface area contributed by atoms with E-state index in [1.165, 1.54) is 44.9 Å². The van der Waals surface area contributed by atoms with Crippen LogP contribution >= 0.6 is 11.6 Å². The van der Waals surface area contributed by atoms with E-state index in [1.807, 2.05) is 12.4 Å². The van der Waals surface area contributed by atoms with Crippen LogP contribution in [0, 0.1) is 11.8 Å². The molecule has 0 spiro atoms. The molecule has 29 heavy (non-hydrogen) atoms. The van der Waals surface area contributed by atoms with Gasteiger partial charge in [0.1, 0.15) is 0 Å². The van der Waals surface area contributed by atoms with Crippen LogP contribution in [0.2, 0.25) is 5.02 Å². The number of aromatic nitrogens is 2. The molecule has 0 atom stereocenters. The van der Waals surface area contributed by atoms with Crippen LogP contribution in [0.15, 0.2) is 30.7 Å². The van der Waals surface area contributed by atoms with E-state index in [2.05, 4.69) is 27.4 Å². The molecule has 0 unspecified atom stereocenters. The average Bonchev–Trinajstić information content (AvgIpc) is 2.76. The van der Waals surface area contributed by atoms with Crippen molar-refractivity contribution in [3.8, 4) is 11.1 Å². The molecule has 0 radical (unpaired) electrons. The number of hydrogen-bond acceptors (Lipinski definition) is 4. The minimum Gasteiger partial charge on any atom is -0.384 e. The molecule has 0 saturated heterocycles. The summed E-state index contributed by atoms with van der Waals surface area (Å²) >= 11 is 6.52. The van der Waals surface area contributed by atoms with Crippen LogP contribution < -0.4 is 11.1 Å². The van der Waals surface area contributed by atoms with E-state index in [0.29, 0.717) is 17.0 Å². The fourth-order valence-electron chi connectivity index (χ4n) is 4.84. The van der Waals surface area contributed by atoms with Gasteiger partial charge in [0.15, 0.2) is 0 Å². The summed E-state index contributed by atoms with van der Waals surface area (Å²) in [4.78, 5) is 9.06. The Morgan fingerprint density at radius 2 is 1.72 bits per heavy atom. The highest BCUT2D eigenvalue weighted by atomic mass is 35.5. The zero-order valence-corrected chi connectivity index (χ0v) is 18.0. The van der Waals surface area contributed by atoms with Crippen LogP contribution in [-0.4, -0.2) is 22.6 Å². The van der Waals surface area contributed by atoms with Crippen LogP contribution in [0.5, 0.6) is 0 Å². The van der Waals surface area contributed by atoms with E-state index >= 15 is 0 Å². The van der Waals surface area contributed by atoms with Crippen molar-refractivity contribution in [2.75, 3.05) is 11.9 Å². The molecular weight excluding hydrogens is 380 g/mol. The summed E-state index contributed by atoms with van der Waals surface area (Å²) in [5.74, 6) is 1.46. The Balaban J connectivity index is 1.44. The molecule has 2 fully saturated rings. The molecule has 5 heteroatoms. The first-order valence-electron chi connectivity index (χ1n) is 11.3. The second kappa shape index (κ2) is 9.90. The van der Waals surface area contributed by atoms with Crippen LogP contribution in [0.1, 0.15) is 63.5 Å². The number of nitrogens with two attached hydrogens (primary N) is 1. The number of pyridine rings is 2. The Bertz CT molecular complexity index is 795. The lowest BCUT2D eigenvalue weighted by molar-refractivity contribution is 0.323. The molecule has 4 nitrogen and oxygen atoms in total. The summed E-state index contributed by atoms with van der Waals surface area (Å²) in [6, 6.07) is 4.70. The van der Waals surface area contributed by atoms with Gasteiger partial charge in [-0.25, -0.2) is 0 Å². The highest BCUT2D eigenvalue weighted by molar-refractivity contribution is 6.33. The molecule has 156 valence electrons. The molecule has 0 aromatic carbocycles. The Kier molecular flexibility index (Phi) is 7.04. The molecule has 2 aliphatic carbocycles. The second-order valence-corrected chi connectivity index (χ2v) is 9.39. The number of nitrogens with zero attached hydrogens (tertiary/aromatic N) is 2. The molecule has 3 N–H and O–H groups in total. The number of nitrogens with one attached hydrogen (secondary N) is 1. The van der Waals surface area contributed by atoms with E-state index in [1.54, 1.807) is 6.20 Å². The summed E-state index contributed by atoms with van der Waals surface area (Å²) in [6.07, 6.45) is 18.1. The van der Waals surface area contributed by atoms with Gasteiger partial charge in [-0.2, -0.15) is 0 Å². The maximum absolute atomic E-state index is 6.52. The Labute approximate surface area is 179 Å². The second-order valence-electron chi connectivity index (χ2n) is 8.99. The van der Waals surface area contributed by atoms with Crippen molar-refractivity contribution in [2.45, 2.75) is 70.3 Å². The van der Waals surface area contributed by atoms with Crippen molar-refractivity contribution < 1.29 is 0 Å². The first-order chi connectivity index (χ1) is 14.2. The molecule has 2 saturated carbocycles. The summed E-state index contributed by atoms with van der Waals surface area (Å²) in [5.41, 5.74) is 10.3. The van der Waals surface area contributed by atoms with Crippen LogP contribution in [0.4, 0.5) is 5.69 Å². The minimum atomic E-state index is 0.384. The Morgan fingerprint density at radius 3 is 2.52 bits per heavy atom.